The van der Waals surface area contributed by atoms with Crippen molar-refractivity contribution in [3.8, 4) is 0 Å². The third kappa shape index (κ3) is 5.34. The fraction of sp³-hybridized carbons (Fsp3) is 0.286. The number of aliphatic hydroxyl groups excluding tert-OH is 1. The van der Waals surface area contributed by atoms with Crippen LogP contribution in [0.25, 0.3) is 10.9 Å². The molecule has 3 aromatic carbocycles. The Morgan fingerprint density at radius 1 is 0.794 bits per heavy atom. The van der Waals surface area contributed by atoms with Crippen molar-refractivity contribution >= 4 is 34.4 Å². The van der Waals surface area contributed by atoms with E-state index in [2.05, 4.69) is 41.0 Å². The Morgan fingerprint density at radius 2 is 1.47 bits per heavy atom. The highest BCUT2D eigenvalue weighted by molar-refractivity contribution is 7.99. The van der Waals surface area contributed by atoms with E-state index in [1.165, 1.54) is 37.7 Å². The summed E-state index contributed by atoms with van der Waals surface area (Å²) in [6.45, 7) is 0.650. The number of benzene rings is 3. The van der Waals surface area contributed by atoms with Gasteiger partial charge in [0, 0.05) is 27.8 Å². The summed E-state index contributed by atoms with van der Waals surface area (Å²) in [6, 6.07) is 25.0. The number of aliphatic hydroxyl groups is 1. The Labute approximate surface area is 205 Å². The number of fused-ring (bicyclic) bond motifs is 1. The van der Waals surface area contributed by atoms with Crippen LogP contribution in [0.2, 0.25) is 0 Å². The van der Waals surface area contributed by atoms with E-state index in [0.29, 0.717) is 18.5 Å². The van der Waals surface area contributed by atoms with E-state index < -0.39 is 0 Å². The van der Waals surface area contributed by atoms with Crippen LogP contribution in [0.4, 0.5) is 11.8 Å². The quantitative estimate of drug-likeness (QED) is 0.268. The summed E-state index contributed by atoms with van der Waals surface area (Å²) in [5, 5.41) is 17.9. The van der Waals surface area contributed by atoms with E-state index in [9.17, 15) is 5.11 Å². The number of nitrogens with one attached hydrogen (secondary N) is 2. The van der Waals surface area contributed by atoms with Crippen LogP contribution >= 0.6 is 11.8 Å². The van der Waals surface area contributed by atoms with E-state index >= 15 is 0 Å². The third-order valence-corrected chi connectivity index (χ3v) is 7.56. The first-order valence-corrected chi connectivity index (χ1v) is 12.8. The fourth-order valence-electron chi connectivity index (χ4n) is 4.48. The first-order valence-electron chi connectivity index (χ1n) is 12.0. The van der Waals surface area contributed by atoms with Gasteiger partial charge in [0.05, 0.1) is 12.1 Å². The van der Waals surface area contributed by atoms with Crippen molar-refractivity contribution in [2.24, 2.45) is 0 Å². The van der Waals surface area contributed by atoms with Crippen molar-refractivity contribution in [3.05, 3.63) is 83.9 Å². The molecule has 0 saturated heterocycles. The lowest BCUT2D eigenvalue weighted by Gasteiger charge is -2.24. The van der Waals surface area contributed by atoms with E-state index in [4.69, 9.17) is 9.97 Å². The van der Waals surface area contributed by atoms with Crippen molar-refractivity contribution in [1.29, 1.82) is 0 Å². The maximum Gasteiger partial charge on any atom is 0.225 e. The Morgan fingerprint density at radius 3 is 2.26 bits per heavy atom. The molecule has 6 heteroatoms. The average Bonchev–Trinajstić information content (AvgIpc) is 2.89. The topological polar surface area (TPSA) is 70.1 Å². The van der Waals surface area contributed by atoms with Crippen molar-refractivity contribution < 1.29 is 5.11 Å². The highest BCUT2D eigenvalue weighted by atomic mass is 32.2. The van der Waals surface area contributed by atoms with E-state index in [1.54, 1.807) is 11.8 Å². The van der Waals surface area contributed by atoms with Crippen LogP contribution in [-0.2, 0) is 13.2 Å². The summed E-state index contributed by atoms with van der Waals surface area (Å²) in [5.41, 5.74) is 3.04. The monoisotopic (exact) mass is 470 g/mol. The van der Waals surface area contributed by atoms with E-state index in [0.717, 1.165) is 32.1 Å². The maximum absolute atomic E-state index is 9.70. The Balaban J connectivity index is 1.37. The van der Waals surface area contributed by atoms with E-state index in [1.807, 2.05) is 42.5 Å². The molecule has 174 valence electrons. The van der Waals surface area contributed by atoms with Crippen molar-refractivity contribution in [2.75, 3.05) is 10.6 Å². The Hall–Kier alpha value is -3.09. The molecule has 0 spiro atoms. The van der Waals surface area contributed by atoms with Crippen LogP contribution in [0.1, 0.15) is 43.2 Å². The van der Waals surface area contributed by atoms with Crippen LogP contribution in [0.3, 0.4) is 0 Å². The first kappa shape index (κ1) is 22.7. The van der Waals surface area contributed by atoms with Gasteiger partial charge in [0.25, 0.3) is 0 Å². The summed E-state index contributed by atoms with van der Waals surface area (Å²) < 4.78 is 0. The molecule has 3 N–H and O–H groups in total. The van der Waals surface area contributed by atoms with E-state index in [-0.39, 0.29) is 6.61 Å². The summed E-state index contributed by atoms with van der Waals surface area (Å²) in [7, 11) is 0. The number of hydrogen-bond donors (Lipinski definition) is 3. The van der Waals surface area contributed by atoms with Gasteiger partial charge in [0.1, 0.15) is 5.82 Å². The minimum Gasteiger partial charge on any atom is -0.392 e. The largest absolute Gasteiger partial charge is 0.392 e. The molecular formula is C28H30N4OS. The Bertz CT molecular complexity index is 1260. The Kier molecular flexibility index (Phi) is 7.27. The van der Waals surface area contributed by atoms with Crippen molar-refractivity contribution in [2.45, 2.75) is 61.1 Å². The van der Waals surface area contributed by atoms with Gasteiger partial charge >= 0.3 is 0 Å². The second-order valence-corrected chi connectivity index (χ2v) is 9.81. The van der Waals surface area contributed by atoms with Crippen LogP contribution in [-0.4, -0.2) is 21.1 Å². The maximum atomic E-state index is 9.70. The number of hydrogen-bond acceptors (Lipinski definition) is 6. The molecule has 1 fully saturated rings. The molecule has 1 aliphatic rings. The molecule has 1 aliphatic carbocycles. The number of rotatable bonds is 8. The van der Waals surface area contributed by atoms with Gasteiger partial charge in [-0.15, -0.1) is 0 Å². The minimum atomic E-state index is 0.0330. The number of aromatic nitrogens is 2. The van der Waals surface area contributed by atoms with Gasteiger partial charge in [-0.3, -0.25) is 0 Å². The molecule has 0 aliphatic heterocycles. The lowest BCUT2D eigenvalue weighted by molar-refractivity contribution is 0.279. The SMILES string of the molecule is OCc1ccccc1Sc1ccccc1CNc1nc(NC2CCCCC2)c2ccccc2n1. The predicted molar refractivity (Wildman–Crippen MR) is 140 cm³/mol. The van der Waals surface area contributed by atoms with Crippen LogP contribution in [0.5, 0.6) is 0 Å². The highest BCUT2D eigenvalue weighted by Gasteiger charge is 2.16. The van der Waals surface area contributed by atoms with Gasteiger partial charge in [-0.05, 0) is 48.2 Å². The average molecular weight is 471 g/mol. The third-order valence-electron chi connectivity index (χ3n) is 6.32. The van der Waals surface area contributed by atoms with Gasteiger partial charge in [0.15, 0.2) is 0 Å². The molecule has 1 saturated carbocycles. The molecule has 0 unspecified atom stereocenters. The second kappa shape index (κ2) is 10.9. The molecule has 5 nitrogen and oxygen atoms in total. The van der Waals surface area contributed by atoms with Crippen LogP contribution in [0, 0.1) is 0 Å². The normalized spacial score (nSPS) is 14.3. The molecular weight excluding hydrogens is 440 g/mol. The van der Waals surface area contributed by atoms with Gasteiger partial charge in [-0.25, -0.2) is 4.98 Å². The van der Waals surface area contributed by atoms with Gasteiger partial charge < -0.3 is 15.7 Å². The van der Waals surface area contributed by atoms with Gasteiger partial charge in [0.2, 0.25) is 5.95 Å². The molecule has 4 aromatic rings. The van der Waals surface area contributed by atoms with Crippen molar-refractivity contribution in [1.82, 2.24) is 9.97 Å². The summed E-state index contributed by atoms with van der Waals surface area (Å²) in [4.78, 5) is 11.9. The second-order valence-electron chi connectivity index (χ2n) is 8.72. The number of nitrogens with zero attached hydrogens (tertiary/aromatic N) is 2. The van der Waals surface area contributed by atoms with Crippen molar-refractivity contribution in [3.63, 3.8) is 0 Å². The lowest BCUT2D eigenvalue weighted by atomic mass is 9.95. The zero-order chi connectivity index (χ0) is 23.2. The first-order chi connectivity index (χ1) is 16.8. The summed E-state index contributed by atoms with van der Waals surface area (Å²) in [6.07, 6.45) is 6.27. The van der Waals surface area contributed by atoms with Gasteiger partial charge in [-0.2, -0.15) is 4.98 Å². The van der Waals surface area contributed by atoms with Gasteiger partial charge in [-0.1, -0.05) is 79.6 Å². The smallest absolute Gasteiger partial charge is 0.225 e. The molecule has 0 radical (unpaired) electrons. The zero-order valence-electron chi connectivity index (χ0n) is 19.2. The molecule has 0 amide bonds. The zero-order valence-corrected chi connectivity index (χ0v) is 20.0. The lowest BCUT2D eigenvalue weighted by Crippen LogP contribution is -2.23. The molecule has 1 heterocycles. The molecule has 5 rings (SSSR count). The summed E-state index contributed by atoms with van der Waals surface area (Å²) >= 11 is 1.68. The standard InChI is InChI=1S/C28H30N4OS/c33-19-21-11-5-9-17-26(21)34-25-16-8-4-10-20(25)18-29-28-31-24-15-7-6-14-23(24)27(32-28)30-22-12-2-1-3-13-22/h4-11,14-17,22,33H,1-3,12-13,18-19H2,(H2,29,30,31,32). The molecule has 1 aromatic heterocycles. The number of para-hydroxylation sites is 1. The predicted octanol–water partition coefficient (Wildman–Crippen LogP) is 6.63. The van der Waals surface area contributed by atoms with Crippen LogP contribution < -0.4 is 10.6 Å². The number of anilines is 2. The molecule has 0 bridgehead atoms. The molecule has 34 heavy (non-hydrogen) atoms. The fourth-order valence-corrected chi connectivity index (χ4v) is 5.55. The minimum absolute atomic E-state index is 0.0330. The summed E-state index contributed by atoms with van der Waals surface area (Å²) in [5.74, 6) is 1.55. The highest BCUT2D eigenvalue weighted by Crippen LogP contribution is 2.33. The molecule has 0 atom stereocenters. The van der Waals surface area contributed by atoms with Crippen LogP contribution in [0.15, 0.2) is 82.6 Å².